The SMILES string of the molecule is CCNC(=NCC(C)C)NCCc1cccc(C(=O)NC)c1.I. The Balaban J connectivity index is 0.00000484. The quantitative estimate of drug-likeness (QED) is 0.352. The Labute approximate surface area is 156 Å². The van der Waals surface area contributed by atoms with Crippen molar-refractivity contribution < 1.29 is 4.79 Å². The molecule has 1 aromatic carbocycles. The van der Waals surface area contributed by atoms with Crippen molar-refractivity contribution in [3.8, 4) is 0 Å². The minimum absolute atomic E-state index is 0. The number of benzene rings is 1. The Kier molecular flexibility index (Phi) is 11.5. The number of carbonyl (C=O) groups excluding carboxylic acids is 1. The van der Waals surface area contributed by atoms with Crippen LogP contribution >= 0.6 is 24.0 Å². The molecule has 0 saturated carbocycles. The van der Waals surface area contributed by atoms with Gasteiger partial charge >= 0.3 is 0 Å². The molecule has 0 spiro atoms. The lowest BCUT2D eigenvalue weighted by atomic mass is 10.1. The van der Waals surface area contributed by atoms with Gasteiger partial charge in [0.05, 0.1) is 0 Å². The van der Waals surface area contributed by atoms with Crippen molar-refractivity contribution >= 4 is 35.8 Å². The Hall–Kier alpha value is -1.31. The summed E-state index contributed by atoms with van der Waals surface area (Å²) in [6.45, 7) is 8.78. The van der Waals surface area contributed by atoms with E-state index in [0.717, 1.165) is 37.6 Å². The number of rotatable bonds is 7. The van der Waals surface area contributed by atoms with Crippen LogP contribution in [-0.4, -0.2) is 38.5 Å². The fraction of sp³-hybridized carbons (Fsp3) is 0.529. The number of nitrogens with zero attached hydrogens (tertiary/aromatic N) is 1. The third-order valence-electron chi connectivity index (χ3n) is 3.08. The summed E-state index contributed by atoms with van der Waals surface area (Å²) in [6, 6.07) is 7.70. The predicted molar refractivity (Wildman–Crippen MR) is 108 cm³/mol. The first-order chi connectivity index (χ1) is 10.6. The third-order valence-corrected chi connectivity index (χ3v) is 3.08. The minimum atomic E-state index is -0.0540. The second-order valence-corrected chi connectivity index (χ2v) is 5.57. The zero-order valence-electron chi connectivity index (χ0n) is 14.5. The number of halogens is 1. The maximum absolute atomic E-state index is 11.6. The van der Waals surface area contributed by atoms with Crippen LogP contribution in [0, 0.1) is 5.92 Å². The monoisotopic (exact) mass is 432 g/mol. The van der Waals surface area contributed by atoms with Crippen LogP contribution in [0.3, 0.4) is 0 Å². The van der Waals surface area contributed by atoms with Gasteiger partial charge in [0.25, 0.3) is 5.91 Å². The molecule has 1 amide bonds. The average Bonchev–Trinajstić information content (AvgIpc) is 2.52. The van der Waals surface area contributed by atoms with E-state index in [-0.39, 0.29) is 29.9 Å². The van der Waals surface area contributed by atoms with Crippen LogP contribution in [0.25, 0.3) is 0 Å². The molecular formula is C17H29IN4O. The van der Waals surface area contributed by atoms with E-state index in [0.29, 0.717) is 11.5 Å². The Morgan fingerprint density at radius 1 is 1.26 bits per heavy atom. The van der Waals surface area contributed by atoms with Crippen molar-refractivity contribution in [2.45, 2.75) is 27.2 Å². The summed E-state index contributed by atoms with van der Waals surface area (Å²) in [4.78, 5) is 16.2. The van der Waals surface area contributed by atoms with Crippen molar-refractivity contribution in [1.29, 1.82) is 0 Å². The van der Waals surface area contributed by atoms with Crippen LogP contribution in [0.1, 0.15) is 36.7 Å². The molecule has 0 saturated heterocycles. The first-order valence-corrected chi connectivity index (χ1v) is 7.90. The molecule has 0 aliphatic carbocycles. The van der Waals surface area contributed by atoms with Gasteiger partial charge < -0.3 is 16.0 Å². The molecule has 1 aromatic rings. The summed E-state index contributed by atoms with van der Waals surface area (Å²) in [6.07, 6.45) is 0.844. The molecule has 0 atom stereocenters. The van der Waals surface area contributed by atoms with Crippen LogP contribution in [0.5, 0.6) is 0 Å². The number of amides is 1. The Morgan fingerprint density at radius 3 is 2.61 bits per heavy atom. The van der Waals surface area contributed by atoms with Crippen LogP contribution in [0.4, 0.5) is 0 Å². The number of aliphatic imine (C=N–C) groups is 1. The zero-order chi connectivity index (χ0) is 16.4. The summed E-state index contributed by atoms with van der Waals surface area (Å²) in [7, 11) is 1.64. The number of hydrogen-bond acceptors (Lipinski definition) is 2. The molecule has 130 valence electrons. The smallest absolute Gasteiger partial charge is 0.251 e. The van der Waals surface area contributed by atoms with Crippen LogP contribution in [-0.2, 0) is 6.42 Å². The lowest BCUT2D eigenvalue weighted by Crippen LogP contribution is -2.38. The number of nitrogens with one attached hydrogen (secondary N) is 3. The first-order valence-electron chi connectivity index (χ1n) is 7.90. The molecular weight excluding hydrogens is 403 g/mol. The van der Waals surface area contributed by atoms with Gasteiger partial charge in [-0.3, -0.25) is 9.79 Å². The van der Waals surface area contributed by atoms with Gasteiger partial charge in [-0.25, -0.2) is 0 Å². The van der Waals surface area contributed by atoms with Crippen LogP contribution in [0.15, 0.2) is 29.3 Å². The third kappa shape index (κ3) is 8.78. The second kappa shape index (κ2) is 12.2. The lowest BCUT2D eigenvalue weighted by molar-refractivity contribution is 0.0963. The average molecular weight is 432 g/mol. The molecule has 1 rings (SSSR count). The van der Waals surface area contributed by atoms with Gasteiger partial charge in [-0.05, 0) is 37.0 Å². The van der Waals surface area contributed by atoms with Crippen molar-refractivity contribution in [2.24, 2.45) is 10.9 Å². The maximum atomic E-state index is 11.6. The standard InChI is InChI=1S/C17H28N4O.HI/c1-5-19-17(21-12-13(2)3)20-10-9-14-7-6-8-15(11-14)16(22)18-4;/h6-8,11,13H,5,9-10,12H2,1-4H3,(H,18,22)(H2,19,20,21);1H. The van der Waals surface area contributed by atoms with Crippen molar-refractivity contribution in [3.63, 3.8) is 0 Å². The molecule has 0 fully saturated rings. The number of guanidine groups is 1. The maximum Gasteiger partial charge on any atom is 0.251 e. The van der Waals surface area contributed by atoms with E-state index in [1.165, 1.54) is 0 Å². The van der Waals surface area contributed by atoms with Gasteiger partial charge in [0.15, 0.2) is 5.96 Å². The van der Waals surface area contributed by atoms with Crippen molar-refractivity contribution in [2.75, 3.05) is 26.7 Å². The first kappa shape index (κ1) is 21.7. The fourth-order valence-corrected chi connectivity index (χ4v) is 1.95. The van der Waals surface area contributed by atoms with E-state index in [4.69, 9.17) is 0 Å². The van der Waals surface area contributed by atoms with Gasteiger partial charge in [-0.15, -0.1) is 24.0 Å². The summed E-state index contributed by atoms with van der Waals surface area (Å²) < 4.78 is 0. The molecule has 6 heteroatoms. The number of hydrogen-bond donors (Lipinski definition) is 3. The second-order valence-electron chi connectivity index (χ2n) is 5.57. The van der Waals surface area contributed by atoms with Gasteiger partial charge in [0, 0.05) is 32.2 Å². The Bertz CT molecular complexity index is 503. The molecule has 0 aliphatic rings. The molecule has 0 radical (unpaired) electrons. The van der Waals surface area contributed by atoms with E-state index < -0.39 is 0 Å². The van der Waals surface area contributed by atoms with Gasteiger partial charge in [0.1, 0.15) is 0 Å². The lowest BCUT2D eigenvalue weighted by Gasteiger charge is -2.12. The molecule has 23 heavy (non-hydrogen) atoms. The molecule has 0 aromatic heterocycles. The normalized spacial score (nSPS) is 10.9. The van der Waals surface area contributed by atoms with E-state index in [1.54, 1.807) is 7.05 Å². The molecule has 3 N–H and O–H groups in total. The highest BCUT2D eigenvalue weighted by Gasteiger charge is 2.04. The van der Waals surface area contributed by atoms with Gasteiger partial charge in [0.2, 0.25) is 0 Å². The molecule has 0 unspecified atom stereocenters. The van der Waals surface area contributed by atoms with Crippen LogP contribution in [0.2, 0.25) is 0 Å². The van der Waals surface area contributed by atoms with Gasteiger partial charge in [-0.2, -0.15) is 0 Å². The Morgan fingerprint density at radius 2 is 2.00 bits per heavy atom. The molecule has 0 heterocycles. The van der Waals surface area contributed by atoms with E-state index >= 15 is 0 Å². The summed E-state index contributed by atoms with van der Waals surface area (Å²) in [5, 5.41) is 9.21. The van der Waals surface area contributed by atoms with Gasteiger partial charge in [-0.1, -0.05) is 26.0 Å². The van der Waals surface area contributed by atoms with E-state index in [1.807, 2.05) is 24.3 Å². The molecule has 0 aliphatic heterocycles. The summed E-state index contributed by atoms with van der Waals surface area (Å²) in [5.74, 6) is 1.33. The highest BCUT2D eigenvalue weighted by molar-refractivity contribution is 14.0. The zero-order valence-corrected chi connectivity index (χ0v) is 16.8. The molecule has 5 nitrogen and oxygen atoms in total. The predicted octanol–water partition coefficient (Wildman–Crippen LogP) is 2.42. The highest BCUT2D eigenvalue weighted by Crippen LogP contribution is 2.05. The largest absolute Gasteiger partial charge is 0.357 e. The molecule has 0 bridgehead atoms. The van der Waals surface area contributed by atoms with Crippen molar-refractivity contribution in [3.05, 3.63) is 35.4 Å². The fourth-order valence-electron chi connectivity index (χ4n) is 1.95. The number of carbonyl (C=O) groups is 1. The summed E-state index contributed by atoms with van der Waals surface area (Å²) in [5.41, 5.74) is 1.83. The topological polar surface area (TPSA) is 65.5 Å². The highest BCUT2D eigenvalue weighted by atomic mass is 127. The van der Waals surface area contributed by atoms with Crippen LogP contribution < -0.4 is 16.0 Å². The van der Waals surface area contributed by atoms with E-state index in [9.17, 15) is 4.79 Å². The summed E-state index contributed by atoms with van der Waals surface area (Å²) >= 11 is 0. The minimum Gasteiger partial charge on any atom is -0.357 e. The van der Waals surface area contributed by atoms with E-state index in [2.05, 4.69) is 41.7 Å². The van der Waals surface area contributed by atoms with Crippen molar-refractivity contribution in [1.82, 2.24) is 16.0 Å².